The molecule has 0 aliphatic rings. The van der Waals surface area contributed by atoms with Crippen molar-refractivity contribution in [2.24, 2.45) is 5.73 Å². The highest BCUT2D eigenvalue weighted by atomic mass is 16.1. The van der Waals surface area contributed by atoms with Gasteiger partial charge in [-0.3, -0.25) is 4.79 Å². The third-order valence-corrected chi connectivity index (χ3v) is 3.70. The Balaban J connectivity index is 2.42. The molecule has 0 unspecified atom stereocenters. The molecule has 0 saturated heterocycles. The molecular weight excluding hydrogens is 234 g/mol. The van der Waals surface area contributed by atoms with Crippen molar-refractivity contribution >= 4 is 38.2 Å². The summed E-state index contributed by atoms with van der Waals surface area (Å²) in [5, 5.41) is 6.49. The van der Waals surface area contributed by atoms with Crippen LogP contribution in [-0.2, 0) is 0 Å². The quantitative estimate of drug-likeness (QED) is 0.512. The van der Waals surface area contributed by atoms with Gasteiger partial charge in [-0.05, 0) is 56.6 Å². The van der Waals surface area contributed by atoms with E-state index in [9.17, 15) is 4.79 Å². The van der Waals surface area contributed by atoms with E-state index in [0.29, 0.717) is 5.56 Å². The molecule has 1 amide bonds. The third kappa shape index (κ3) is 1.28. The zero-order valence-electron chi connectivity index (χ0n) is 10.1. The van der Waals surface area contributed by atoms with Crippen LogP contribution < -0.4 is 5.73 Å². The Kier molecular flexibility index (Phi) is 1.88. The van der Waals surface area contributed by atoms with E-state index in [4.69, 9.17) is 5.73 Å². The second-order valence-electron chi connectivity index (χ2n) is 4.77. The highest BCUT2D eigenvalue weighted by Crippen LogP contribution is 2.35. The number of amides is 1. The minimum absolute atomic E-state index is 0.390. The number of primary amides is 1. The van der Waals surface area contributed by atoms with E-state index >= 15 is 0 Å². The third-order valence-electron chi connectivity index (χ3n) is 3.70. The number of hydrogen-bond acceptors (Lipinski definition) is 1. The van der Waals surface area contributed by atoms with E-state index < -0.39 is 0 Å². The average molecular weight is 244 g/mol. The van der Waals surface area contributed by atoms with Gasteiger partial charge in [0.1, 0.15) is 0 Å². The predicted molar refractivity (Wildman–Crippen MR) is 77.5 cm³/mol. The predicted octanol–water partition coefficient (Wildman–Crippen LogP) is 3.48. The van der Waals surface area contributed by atoms with Crippen LogP contribution in [0, 0.1) is 6.07 Å². The summed E-state index contributed by atoms with van der Waals surface area (Å²) in [6, 6.07) is 19.0. The first-order valence-electron chi connectivity index (χ1n) is 6.13. The largest absolute Gasteiger partial charge is 0.366 e. The molecule has 0 saturated carbocycles. The van der Waals surface area contributed by atoms with Gasteiger partial charge in [0.05, 0.1) is 0 Å². The standard InChI is InChI=1S/C17H10NO/c18-17(19)14-9-12-5-1-3-10-7-8-11-4-2-6-13(14)16(11)15(10)12/h2-9H,(H2,18,19). The average Bonchev–Trinajstić information content (AvgIpc) is 2.44. The summed E-state index contributed by atoms with van der Waals surface area (Å²) in [4.78, 5) is 11.7. The summed E-state index contributed by atoms with van der Waals surface area (Å²) in [6.07, 6.45) is 0. The molecule has 0 bridgehead atoms. The SMILES string of the molecule is NC(=O)c1cc2c[c]cc3ccc4cccc1c4c32. The molecule has 89 valence electrons. The summed E-state index contributed by atoms with van der Waals surface area (Å²) in [7, 11) is 0. The van der Waals surface area contributed by atoms with Crippen LogP contribution in [0.25, 0.3) is 32.3 Å². The molecular formula is C17H10NO. The van der Waals surface area contributed by atoms with E-state index in [1.54, 1.807) is 0 Å². The minimum Gasteiger partial charge on any atom is -0.366 e. The van der Waals surface area contributed by atoms with Gasteiger partial charge in [-0.15, -0.1) is 0 Å². The van der Waals surface area contributed by atoms with Crippen LogP contribution in [0.4, 0.5) is 0 Å². The molecule has 0 atom stereocenters. The van der Waals surface area contributed by atoms with Gasteiger partial charge in [0.15, 0.2) is 0 Å². The van der Waals surface area contributed by atoms with Crippen molar-refractivity contribution in [1.82, 2.24) is 0 Å². The fraction of sp³-hybridized carbons (Fsp3) is 0. The molecule has 0 spiro atoms. The molecule has 0 aliphatic carbocycles. The molecule has 4 rings (SSSR count). The molecule has 2 heteroatoms. The van der Waals surface area contributed by atoms with Crippen molar-refractivity contribution in [2.75, 3.05) is 0 Å². The van der Waals surface area contributed by atoms with Gasteiger partial charge in [0.2, 0.25) is 5.91 Å². The van der Waals surface area contributed by atoms with Crippen molar-refractivity contribution in [3.63, 3.8) is 0 Å². The van der Waals surface area contributed by atoms with Crippen molar-refractivity contribution in [3.05, 3.63) is 60.2 Å². The molecule has 1 radical (unpaired) electrons. The number of carbonyl (C=O) groups is 1. The maximum Gasteiger partial charge on any atom is 0.249 e. The van der Waals surface area contributed by atoms with Gasteiger partial charge in [-0.1, -0.05) is 30.3 Å². The number of benzene rings is 4. The highest BCUT2D eigenvalue weighted by Gasteiger charge is 2.13. The highest BCUT2D eigenvalue weighted by molar-refractivity contribution is 6.27. The second kappa shape index (κ2) is 3.45. The van der Waals surface area contributed by atoms with Crippen molar-refractivity contribution < 1.29 is 4.79 Å². The number of carbonyl (C=O) groups excluding carboxylic acids is 1. The lowest BCUT2D eigenvalue weighted by molar-refractivity contribution is 0.100. The molecule has 0 aliphatic heterocycles. The Morgan fingerprint density at radius 1 is 0.947 bits per heavy atom. The Morgan fingerprint density at radius 2 is 1.74 bits per heavy atom. The topological polar surface area (TPSA) is 43.1 Å². The van der Waals surface area contributed by atoms with Crippen LogP contribution in [0.2, 0.25) is 0 Å². The zero-order valence-corrected chi connectivity index (χ0v) is 10.1. The van der Waals surface area contributed by atoms with Gasteiger partial charge in [0.25, 0.3) is 0 Å². The van der Waals surface area contributed by atoms with Crippen LogP contribution in [0.1, 0.15) is 10.4 Å². The molecule has 0 aromatic heterocycles. The van der Waals surface area contributed by atoms with E-state index in [0.717, 1.165) is 26.9 Å². The van der Waals surface area contributed by atoms with Crippen molar-refractivity contribution in [1.29, 1.82) is 0 Å². The molecule has 2 N–H and O–H groups in total. The first-order valence-corrected chi connectivity index (χ1v) is 6.13. The molecule has 2 nitrogen and oxygen atoms in total. The normalized spacial score (nSPS) is 11.6. The minimum atomic E-state index is -0.390. The van der Waals surface area contributed by atoms with E-state index in [1.807, 2.05) is 30.3 Å². The fourth-order valence-corrected chi connectivity index (χ4v) is 2.90. The Bertz CT molecular complexity index is 940. The molecule has 19 heavy (non-hydrogen) atoms. The lowest BCUT2D eigenvalue weighted by atomic mass is 9.91. The van der Waals surface area contributed by atoms with Crippen LogP contribution in [-0.4, -0.2) is 5.91 Å². The fourth-order valence-electron chi connectivity index (χ4n) is 2.90. The zero-order chi connectivity index (χ0) is 13.0. The van der Waals surface area contributed by atoms with Crippen molar-refractivity contribution in [3.8, 4) is 0 Å². The first-order chi connectivity index (χ1) is 9.25. The van der Waals surface area contributed by atoms with Gasteiger partial charge < -0.3 is 5.73 Å². The summed E-state index contributed by atoms with van der Waals surface area (Å²) < 4.78 is 0. The maximum absolute atomic E-state index is 11.7. The summed E-state index contributed by atoms with van der Waals surface area (Å²) in [6.45, 7) is 0. The monoisotopic (exact) mass is 244 g/mol. The van der Waals surface area contributed by atoms with Gasteiger partial charge in [0, 0.05) is 5.56 Å². The Labute approximate surface area is 109 Å². The van der Waals surface area contributed by atoms with E-state index in [2.05, 4.69) is 24.3 Å². The van der Waals surface area contributed by atoms with Crippen LogP contribution in [0.15, 0.2) is 48.5 Å². The van der Waals surface area contributed by atoms with Crippen LogP contribution in [0.3, 0.4) is 0 Å². The van der Waals surface area contributed by atoms with E-state index in [1.165, 1.54) is 5.39 Å². The Hall–Kier alpha value is -2.61. The van der Waals surface area contributed by atoms with E-state index in [-0.39, 0.29) is 5.91 Å². The van der Waals surface area contributed by atoms with Gasteiger partial charge in [-0.2, -0.15) is 0 Å². The second-order valence-corrected chi connectivity index (χ2v) is 4.77. The number of rotatable bonds is 1. The molecule has 4 aromatic carbocycles. The summed E-state index contributed by atoms with van der Waals surface area (Å²) in [5.41, 5.74) is 6.08. The molecule has 0 fully saturated rings. The maximum atomic E-state index is 11.7. The molecule has 0 heterocycles. The smallest absolute Gasteiger partial charge is 0.249 e. The summed E-state index contributed by atoms with van der Waals surface area (Å²) >= 11 is 0. The van der Waals surface area contributed by atoms with Crippen LogP contribution in [0.5, 0.6) is 0 Å². The van der Waals surface area contributed by atoms with Gasteiger partial charge >= 0.3 is 0 Å². The Morgan fingerprint density at radius 3 is 2.58 bits per heavy atom. The number of hydrogen-bond donors (Lipinski definition) is 1. The lowest BCUT2D eigenvalue weighted by Crippen LogP contribution is -2.11. The van der Waals surface area contributed by atoms with Crippen LogP contribution >= 0.6 is 0 Å². The lowest BCUT2D eigenvalue weighted by Gasteiger charge is -2.12. The van der Waals surface area contributed by atoms with Crippen molar-refractivity contribution in [2.45, 2.75) is 0 Å². The molecule has 4 aromatic rings. The first kappa shape index (κ1) is 10.3. The number of nitrogens with two attached hydrogens (primary N) is 1. The summed E-state index contributed by atoms with van der Waals surface area (Å²) in [5.74, 6) is -0.390. The van der Waals surface area contributed by atoms with Gasteiger partial charge in [-0.25, -0.2) is 0 Å².